The van der Waals surface area contributed by atoms with Crippen molar-refractivity contribution >= 4 is 15.9 Å². The molecule has 0 aromatic carbocycles. The zero-order valence-electron chi connectivity index (χ0n) is 6.61. The first-order chi connectivity index (χ1) is 6.07. The number of hydrogen-bond acceptors (Lipinski definition) is 2. The summed E-state index contributed by atoms with van der Waals surface area (Å²) >= 11 is 2.82. The van der Waals surface area contributed by atoms with Crippen molar-refractivity contribution in [3.63, 3.8) is 0 Å². The number of aromatic nitrogens is 1. The molecule has 1 rings (SSSR count). The fourth-order valence-electron chi connectivity index (χ4n) is 0.851. The lowest BCUT2D eigenvalue weighted by Gasteiger charge is -2.04. The molecule has 0 saturated heterocycles. The molecule has 1 N–H and O–H groups in total. The van der Waals surface area contributed by atoms with E-state index in [1.54, 1.807) is 0 Å². The second-order valence-corrected chi connectivity index (χ2v) is 3.01. The number of rotatable bonds is 2. The summed E-state index contributed by atoms with van der Waals surface area (Å²) in [5, 5.41) is 0. The van der Waals surface area contributed by atoms with E-state index < -0.39 is 17.4 Å². The van der Waals surface area contributed by atoms with Crippen LogP contribution in [-0.4, -0.2) is 12.1 Å². The Morgan fingerprint density at radius 2 is 2.23 bits per heavy atom. The van der Waals surface area contributed by atoms with Crippen molar-refractivity contribution in [1.29, 1.82) is 0 Å². The first-order valence-electron chi connectivity index (χ1n) is 3.31. The minimum absolute atomic E-state index is 0.0201. The molecule has 0 aliphatic heterocycles. The van der Waals surface area contributed by atoms with Crippen LogP contribution in [0.2, 0.25) is 0 Å². The first kappa shape index (κ1) is 10.2. The Bertz CT molecular complexity index is 364. The van der Waals surface area contributed by atoms with E-state index in [0.29, 0.717) is 0 Å². The first-order valence-corrected chi connectivity index (χ1v) is 4.10. The van der Waals surface area contributed by atoms with Crippen LogP contribution in [0.15, 0.2) is 15.6 Å². The number of ether oxygens (including phenoxy) is 1. The highest BCUT2D eigenvalue weighted by molar-refractivity contribution is 9.10. The molecule has 0 saturated carbocycles. The average Bonchev–Trinajstić information content (AvgIpc) is 2.04. The second-order valence-electron chi connectivity index (χ2n) is 2.21. The van der Waals surface area contributed by atoms with Gasteiger partial charge >= 0.3 is 0 Å². The number of H-pyrrole nitrogens is 1. The fourth-order valence-corrected chi connectivity index (χ4v) is 1.32. The van der Waals surface area contributed by atoms with Gasteiger partial charge in [0.25, 0.3) is 6.43 Å². The van der Waals surface area contributed by atoms with E-state index >= 15 is 0 Å². The maximum Gasteiger partial charge on any atom is 0.270 e. The highest BCUT2D eigenvalue weighted by atomic mass is 79.9. The van der Waals surface area contributed by atoms with Crippen molar-refractivity contribution in [1.82, 2.24) is 4.98 Å². The molecule has 72 valence electrons. The number of hydrogen-bond donors (Lipinski definition) is 1. The molecule has 13 heavy (non-hydrogen) atoms. The summed E-state index contributed by atoms with van der Waals surface area (Å²) in [5.41, 5.74) is -1.41. The Hall–Kier alpha value is -0.910. The van der Waals surface area contributed by atoms with Crippen molar-refractivity contribution in [3.05, 3.63) is 26.6 Å². The topological polar surface area (TPSA) is 42.1 Å². The van der Waals surface area contributed by atoms with Gasteiger partial charge in [0.2, 0.25) is 5.43 Å². The maximum absolute atomic E-state index is 12.3. The van der Waals surface area contributed by atoms with Gasteiger partial charge in [-0.3, -0.25) is 4.79 Å². The van der Waals surface area contributed by atoms with Crippen LogP contribution >= 0.6 is 15.9 Å². The van der Waals surface area contributed by atoms with Crippen LogP contribution in [0.1, 0.15) is 12.0 Å². The molecule has 0 fully saturated rings. The zero-order valence-corrected chi connectivity index (χ0v) is 8.19. The van der Waals surface area contributed by atoms with Gasteiger partial charge in [-0.05, 0) is 15.9 Å². The quantitative estimate of drug-likeness (QED) is 0.821. The Morgan fingerprint density at radius 3 is 2.69 bits per heavy atom. The molecule has 1 heterocycles. The molecular weight excluding hydrogens is 248 g/mol. The number of methoxy groups -OCH3 is 1. The number of halogens is 3. The van der Waals surface area contributed by atoms with Crippen molar-refractivity contribution in [3.8, 4) is 5.75 Å². The molecule has 0 atom stereocenters. The summed E-state index contributed by atoms with van der Waals surface area (Å²) in [5.74, 6) is -0.126. The summed E-state index contributed by atoms with van der Waals surface area (Å²) in [4.78, 5) is 13.7. The van der Waals surface area contributed by atoms with Gasteiger partial charge in [-0.15, -0.1) is 0 Å². The van der Waals surface area contributed by atoms with E-state index in [2.05, 4.69) is 25.7 Å². The molecule has 0 bridgehead atoms. The molecular formula is C7H6BrF2NO2. The minimum atomic E-state index is -2.83. The van der Waals surface area contributed by atoms with Gasteiger partial charge in [0, 0.05) is 6.20 Å². The van der Waals surface area contributed by atoms with Crippen LogP contribution in [0.5, 0.6) is 5.75 Å². The lowest BCUT2D eigenvalue weighted by Crippen LogP contribution is -2.13. The molecule has 0 aliphatic rings. The van der Waals surface area contributed by atoms with Gasteiger partial charge in [-0.25, -0.2) is 8.78 Å². The molecule has 1 aromatic heterocycles. The third-order valence-corrected chi connectivity index (χ3v) is 2.13. The monoisotopic (exact) mass is 253 g/mol. The van der Waals surface area contributed by atoms with Crippen LogP contribution in [0, 0.1) is 0 Å². The normalized spacial score (nSPS) is 10.5. The van der Waals surface area contributed by atoms with E-state index in [9.17, 15) is 13.6 Å². The maximum atomic E-state index is 12.3. The van der Waals surface area contributed by atoms with E-state index in [1.807, 2.05) is 0 Å². The largest absolute Gasteiger partial charge is 0.491 e. The van der Waals surface area contributed by atoms with E-state index in [0.717, 1.165) is 0 Å². The summed E-state index contributed by atoms with van der Waals surface area (Å²) in [6, 6.07) is 0. The van der Waals surface area contributed by atoms with Crippen LogP contribution in [-0.2, 0) is 0 Å². The lowest BCUT2D eigenvalue weighted by molar-refractivity contribution is 0.148. The standard InChI is InChI=1S/C7H6BrF2NO2/c1-13-3-2-11-6(8)4(5(3)12)7(9)10/h2,7H,1H3,(H,11,12). The van der Waals surface area contributed by atoms with Gasteiger partial charge in [-0.2, -0.15) is 0 Å². The third kappa shape index (κ3) is 1.88. The summed E-state index contributed by atoms with van der Waals surface area (Å²) in [7, 11) is 1.24. The average molecular weight is 254 g/mol. The summed E-state index contributed by atoms with van der Waals surface area (Å²) in [6.45, 7) is 0. The van der Waals surface area contributed by atoms with Gasteiger partial charge < -0.3 is 9.72 Å². The molecule has 1 aromatic rings. The van der Waals surface area contributed by atoms with Crippen LogP contribution in [0.3, 0.4) is 0 Å². The number of alkyl halides is 2. The highest BCUT2D eigenvalue weighted by Crippen LogP contribution is 2.23. The molecule has 0 aliphatic carbocycles. The van der Waals surface area contributed by atoms with Crippen molar-refractivity contribution in [2.24, 2.45) is 0 Å². The predicted octanol–water partition coefficient (Wildman–Crippen LogP) is 2.08. The Morgan fingerprint density at radius 1 is 1.62 bits per heavy atom. The Labute approximate surface area is 80.9 Å². The Balaban J connectivity index is 3.39. The predicted molar refractivity (Wildman–Crippen MR) is 46.3 cm³/mol. The van der Waals surface area contributed by atoms with Gasteiger partial charge in [0.1, 0.15) is 0 Å². The van der Waals surface area contributed by atoms with Gasteiger partial charge in [0.05, 0.1) is 17.3 Å². The second kappa shape index (κ2) is 3.87. The van der Waals surface area contributed by atoms with Crippen molar-refractivity contribution in [2.75, 3.05) is 7.11 Å². The zero-order chi connectivity index (χ0) is 10.0. The van der Waals surface area contributed by atoms with Crippen LogP contribution in [0.25, 0.3) is 0 Å². The smallest absolute Gasteiger partial charge is 0.270 e. The molecule has 3 nitrogen and oxygen atoms in total. The molecule has 0 radical (unpaired) electrons. The molecule has 0 spiro atoms. The molecule has 6 heteroatoms. The minimum Gasteiger partial charge on any atom is -0.491 e. The summed E-state index contributed by atoms with van der Waals surface area (Å²) in [6.07, 6.45) is -1.61. The van der Waals surface area contributed by atoms with E-state index in [-0.39, 0.29) is 10.4 Å². The van der Waals surface area contributed by atoms with Crippen molar-refractivity contribution < 1.29 is 13.5 Å². The third-order valence-electron chi connectivity index (χ3n) is 1.47. The number of pyridine rings is 1. The van der Waals surface area contributed by atoms with Crippen LogP contribution in [0.4, 0.5) is 8.78 Å². The summed E-state index contributed by atoms with van der Waals surface area (Å²) < 4.78 is 29.2. The van der Waals surface area contributed by atoms with E-state index in [1.165, 1.54) is 13.3 Å². The molecule has 0 amide bonds. The highest BCUT2D eigenvalue weighted by Gasteiger charge is 2.19. The lowest BCUT2D eigenvalue weighted by atomic mass is 10.3. The molecule has 0 unspecified atom stereocenters. The number of nitrogens with one attached hydrogen (secondary N) is 1. The SMILES string of the molecule is COc1c[nH]c(Br)c(C(F)F)c1=O. The Kier molecular flexibility index (Phi) is 3.02. The van der Waals surface area contributed by atoms with Gasteiger partial charge in [-0.1, -0.05) is 0 Å². The number of aromatic amines is 1. The van der Waals surface area contributed by atoms with Crippen molar-refractivity contribution in [2.45, 2.75) is 6.43 Å². The fraction of sp³-hybridized carbons (Fsp3) is 0.286. The van der Waals surface area contributed by atoms with Gasteiger partial charge in [0.15, 0.2) is 5.75 Å². The van der Waals surface area contributed by atoms with Crippen LogP contribution < -0.4 is 10.2 Å². The van der Waals surface area contributed by atoms with E-state index in [4.69, 9.17) is 0 Å².